The maximum Gasteiger partial charge on any atom is 0.282 e. The second-order valence-corrected chi connectivity index (χ2v) is 7.14. The summed E-state index contributed by atoms with van der Waals surface area (Å²) in [5.41, 5.74) is 2.31. The summed E-state index contributed by atoms with van der Waals surface area (Å²) < 4.78 is 5.24. The number of imide groups is 1. The molecule has 0 unspecified atom stereocenters. The molecule has 160 valence electrons. The van der Waals surface area contributed by atoms with E-state index in [4.69, 9.17) is 4.74 Å². The smallest absolute Gasteiger partial charge is 0.282 e. The normalized spacial score (nSPS) is 13.5. The molecule has 0 saturated heterocycles. The van der Waals surface area contributed by atoms with Gasteiger partial charge in [-0.2, -0.15) is 0 Å². The number of amides is 2. The third-order valence-electron chi connectivity index (χ3n) is 5.15. The van der Waals surface area contributed by atoms with E-state index in [2.05, 4.69) is 5.32 Å². The van der Waals surface area contributed by atoms with Crippen LogP contribution in [0.3, 0.4) is 0 Å². The Hall–Kier alpha value is -4.46. The summed E-state index contributed by atoms with van der Waals surface area (Å²) in [6.07, 6.45) is 0. The molecule has 0 bridgehead atoms. The quantitative estimate of drug-likeness (QED) is 0.356. The molecule has 3 aromatic carbocycles. The molecule has 0 spiro atoms. The number of rotatable bonds is 6. The van der Waals surface area contributed by atoms with E-state index >= 15 is 0 Å². The number of nitro groups is 1. The van der Waals surface area contributed by atoms with Crippen molar-refractivity contribution in [1.29, 1.82) is 0 Å². The molecule has 1 aliphatic heterocycles. The van der Waals surface area contributed by atoms with Gasteiger partial charge in [-0.05, 0) is 48.4 Å². The number of hydrogen-bond acceptors (Lipinski definition) is 6. The van der Waals surface area contributed by atoms with Gasteiger partial charge in [-0.15, -0.1) is 0 Å². The predicted octanol–water partition coefficient (Wildman–Crippen LogP) is 4.31. The highest BCUT2D eigenvalue weighted by Gasteiger charge is 2.40. The van der Waals surface area contributed by atoms with Gasteiger partial charge in [0.05, 0.1) is 23.3 Å². The van der Waals surface area contributed by atoms with E-state index in [-0.39, 0.29) is 17.0 Å². The maximum atomic E-state index is 13.5. The molecule has 1 aliphatic rings. The van der Waals surface area contributed by atoms with Crippen LogP contribution in [0.5, 0.6) is 5.75 Å². The van der Waals surface area contributed by atoms with E-state index in [1.807, 2.05) is 19.1 Å². The minimum atomic E-state index is -0.519. The molecule has 1 N–H and O–H groups in total. The highest BCUT2D eigenvalue weighted by atomic mass is 16.6. The molecule has 0 saturated carbocycles. The van der Waals surface area contributed by atoms with Crippen molar-refractivity contribution in [2.45, 2.75) is 6.92 Å². The standard InChI is InChI=1S/C24H19N3O5/c1-15-6-3-4-9-20(15)26-23(28)21(16-10-12-18(13-11-16)27(30)31)22(24(26)29)25-17-7-5-8-19(14-17)32-2/h3-14,25H,1-2H3. The number of nitrogens with one attached hydrogen (secondary N) is 1. The highest BCUT2D eigenvalue weighted by molar-refractivity contribution is 6.46. The summed E-state index contributed by atoms with van der Waals surface area (Å²) in [4.78, 5) is 38.5. The minimum absolute atomic E-state index is 0.0837. The number of methoxy groups -OCH3 is 1. The Bertz CT molecular complexity index is 1260. The Labute approximate surface area is 183 Å². The molecule has 0 atom stereocenters. The SMILES string of the molecule is COc1cccc(NC2=C(c3ccc([N+](=O)[O-])cc3)C(=O)N(c3ccccc3C)C2=O)c1. The molecular formula is C24H19N3O5. The van der Waals surface area contributed by atoms with Gasteiger partial charge >= 0.3 is 0 Å². The summed E-state index contributed by atoms with van der Waals surface area (Å²) in [6.45, 7) is 1.81. The number of ether oxygens (including phenoxy) is 1. The third-order valence-corrected chi connectivity index (χ3v) is 5.15. The monoisotopic (exact) mass is 429 g/mol. The van der Waals surface area contributed by atoms with E-state index in [0.29, 0.717) is 22.7 Å². The lowest BCUT2D eigenvalue weighted by atomic mass is 10.0. The number of non-ortho nitro benzene ring substituents is 1. The number of nitrogens with zero attached hydrogens (tertiary/aromatic N) is 2. The van der Waals surface area contributed by atoms with E-state index in [9.17, 15) is 19.7 Å². The first-order valence-electron chi connectivity index (χ1n) is 9.75. The second-order valence-electron chi connectivity index (χ2n) is 7.14. The van der Waals surface area contributed by atoms with Crippen LogP contribution in [0.2, 0.25) is 0 Å². The number of carbonyl (C=O) groups is 2. The van der Waals surface area contributed by atoms with E-state index in [1.54, 1.807) is 36.4 Å². The summed E-state index contributed by atoms with van der Waals surface area (Å²) in [5, 5.41) is 14.1. The van der Waals surface area contributed by atoms with Crippen molar-refractivity contribution in [1.82, 2.24) is 0 Å². The lowest BCUT2D eigenvalue weighted by Crippen LogP contribution is -2.33. The topological polar surface area (TPSA) is 102 Å². The molecule has 8 heteroatoms. The lowest BCUT2D eigenvalue weighted by Gasteiger charge is -2.17. The summed E-state index contributed by atoms with van der Waals surface area (Å²) >= 11 is 0. The number of carbonyl (C=O) groups excluding carboxylic acids is 2. The minimum Gasteiger partial charge on any atom is -0.497 e. The Balaban J connectivity index is 1.83. The fourth-order valence-electron chi connectivity index (χ4n) is 3.54. The van der Waals surface area contributed by atoms with Gasteiger partial charge in [-0.3, -0.25) is 19.7 Å². The Kier molecular flexibility index (Phi) is 5.43. The van der Waals surface area contributed by atoms with Crippen molar-refractivity contribution in [3.05, 3.63) is 99.7 Å². The Morgan fingerprint density at radius 3 is 2.31 bits per heavy atom. The lowest BCUT2D eigenvalue weighted by molar-refractivity contribution is -0.384. The highest BCUT2D eigenvalue weighted by Crippen LogP contribution is 2.35. The van der Waals surface area contributed by atoms with Crippen molar-refractivity contribution in [3.63, 3.8) is 0 Å². The van der Waals surface area contributed by atoms with Gasteiger partial charge in [0.25, 0.3) is 17.5 Å². The van der Waals surface area contributed by atoms with Crippen molar-refractivity contribution >= 4 is 34.4 Å². The fourth-order valence-corrected chi connectivity index (χ4v) is 3.54. The van der Waals surface area contributed by atoms with Gasteiger partial charge in [-0.1, -0.05) is 24.3 Å². The van der Waals surface area contributed by atoms with Crippen LogP contribution in [0.4, 0.5) is 17.1 Å². The van der Waals surface area contributed by atoms with Gasteiger partial charge in [0.15, 0.2) is 0 Å². The van der Waals surface area contributed by atoms with Gasteiger partial charge in [0.2, 0.25) is 0 Å². The number of aryl methyl sites for hydroxylation is 1. The van der Waals surface area contributed by atoms with Crippen molar-refractivity contribution in [3.8, 4) is 5.75 Å². The molecule has 0 fully saturated rings. The zero-order chi connectivity index (χ0) is 22.8. The first kappa shape index (κ1) is 20.8. The summed E-state index contributed by atoms with van der Waals surface area (Å²) in [7, 11) is 1.53. The number of hydrogen-bond donors (Lipinski definition) is 1. The summed E-state index contributed by atoms with van der Waals surface area (Å²) in [5.74, 6) is -0.441. The first-order valence-corrected chi connectivity index (χ1v) is 9.75. The average molecular weight is 429 g/mol. The summed E-state index contributed by atoms with van der Waals surface area (Å²) in [6, 6.07) is 19.6. The zero-order valence-electron chi connectivity index (χ0n) is 17.4. The molecule has 32 heavy (non-hydrogen) atoms. The fraction of sp³-hybridized carbons (Fsp3) is 0.0833. The predicted molar refractivity (Wildman–Crippen MR) is 120 cm³/mol. The molecule has 0 aromatic heterocycles. The van der Waals surface area contributed by atoms with Gasteiger partial charge in [0.1, 0.15) is 11.4 Å². The largest absolute Gasteiger partial charge is 0.497 e. The Morgan fingerprint density at radius 2 is 1.66 bits per heavy atom. The maximum absolute atomic E-state index is 13.5. The molecule has 1 heterocycles. The molecule has 2 amide bonds. The third kappa shape index (κ3) is 3.69. The number of nitro benzene ring substituents is 1. The van der Waals surface area contributed by atoms with Crippen molar-refractivity contribution in [2.24, 2.45) is 0 Å². The molecular weight excluding hydrogens is 410 g/mol. The van der Waals surface area contributed by atoms with Gasteiger partial charge in [-0.25, -0.2) is 4.90 Å². The van der Waals surface area contributed by atoms with Crippen LogP contribution in [0.1, 0.15) is 11.1 Å². The Morgan fingerprint density at radius 1 is 0.938 bits per heavy atom. The molecule has 0 aliphatic carbocycles. The molecule has 0 radical (unpaired) electrons. The van der Waals surface area contributed by atoms with Crippen LogP contribution in [0, 0.1) is 17.0 Å². The molecule has 3 aromatic rings. The molecule has 8 nitrogen and oxygen atoms in total. The van der Waals surface area contributed by atoms with Gasteiger partial charge < -0.3 is 10.1 Å². The van der Waals surface area contributed by atoms with E-state index in [0.717, 1.165) is 10.5 Å². The zero-order valence-corrected chi connectivity index (χ0v) is 17.4. The van der Waals surface area contributed by atoms with Crippen LogP contribution in [-0.2, 0) is 9.59 Å². The van der Waals surface area contributed by atoms with Crippen molar-refractivity contribution in [2.75, 3.05) is 17.3 Å². The number of para-hydroxylation sites is 1. The van der Waals surface area contributed by atoms with Crippen LogP contribution >= 0.6 is 0 Å². The van der Waals surface area contributed by atoms with E-state index in [1.165, 1.54) is 31.4 Å². The van der Waals surface area contributed by atoms with Crippen molar-refractivity contribution < 1.29 is 19.2 Å². The van der Waals surface area contributed by atoms with E-state index < -0.39 is 16.7 Å². The number of benzene rings is 3. The average Bonchev–Trinajstić information content (AvgIpc) is 3.03. The van der Waals surface area contributed by atoms with Crippen LogP contribution < -0.4 is 15.0 Å². The second kappa shape index (κ2) is 8.35. The first-order chi connectivity index (χ1) is 15.4. The van der Waals surface area contributed by atoms with Crippen LogP contribution in [-0.4, -0.2) is 23.8 Å². The van der Waals surface area contributed by atoms with Crippen LogP contribution in [0.25, 0.3) is 5.57 Å². The number of anilines is 2. The van der Waals surface area contributed by atoms with Crippen LogP contribution in [0.15, 0.2) is 78.5 Å². The van der Waals surface area contributed by atoms with Gasteiger partial charge in [0, 0.05) is 23.9 Å². The molecule has 4 rings (SSSR count).